The van der Waals surface area contributed by atoms with E-state index in [1.54, 1.807) is 14.2 Å². The van der Waals surface area contributed by atoms with Gasteiger partial charge in [0.05, 0.1) is 13.7 Å². The van der Waals surface area contributed by atoms with Crippen molar-refractivity contribution in [1.29, 1.82) is 0 Å². The molecule has 1 saturated heterocycles. The largest absolute Gasteiger partial charge is 0.497 e. The van der Waals surface area contributed by atoms with Gasteiger partial charge >= 0.3 is 6.03 Å². The molecule has 0 saturated carbocycles. The van der Waals surface area contributed by atoms with E-state index in [1.807, 2.05) is 18.2 Å². The smallest absolute Gasteiger partial charge is 0.325 e. The molecule has 1 aliphatic carbocycles. The van der Waals surface area contributed by atoms with Gasteiger partial charge in [-0.2, -0.15) is 4.98 Å². The normalized spacial score (nSPS) is 21.0. The Morgan fingerprint density at radius 2 is 2.19 bits per heavy atom. The number of nitrogens with one attached hydrogen (secondary N) is 1. The Morgan fingerprint density at radius 3 is 2.96 bits per heavy atom. The van der Waals surface area contributed by atoms with Crippen LogP contribution in [0.1, 0.15) is 29.3 Å². The third-order valence-corrected chi connectivity index (χ3v) is 5.06. The van der Waals surface area contributed by atoms with Gasteiger partial charge in [0.1, 0.15) is 17.8 Å². The Labute approximate surface area is 155 Å². The van der Waals surface area contributed by atoms with Crippen LogP contribution >= 0.6 is 0 Å². The number of fused-ring (bicyclic) bond motifs is 2. The highest BCUT2D eigenvalue weighted by Gasteiger charge is 2.55. The second-order valence-electron chi connectivity index (χ2n) is 6.60. The first-order valence-corrected chi connectivity index (χ1v) is 8.69. The molecule has 0 radical (unpaired) electrons. The van der Waals surface area contributed by atoms with Gasteiger partial charge in [0.2, 0.25) is 5.89 Å². The van der Waals surface area contributed by atoms with Crippen LogP contribution in [0.2, 0.25) is 0 Å². The van der Waals surface area contributed by atoms with Crippen molar-refractivity contribution in [3.63, 3.8) is 0 Å². The topological polar surface area (TPSA) is 107 Å². The number of methoxy groups -OCH3 is 2. The van der Waals surface area contributed by atoms with Crippen molar-refractivity contribution in [1.82, 2.24) is 20.4 Å². The van der Waals surface area contributed by atoms with Crippen LogP contribution in [0.15, 0.2) is 22.7 Å². The van der Waals surface area contributed by atoms with Gasteiger partial charge in [-0.25, -0.2) is 4.79 Å². The number of carbonyl (C=O) groups excluding carboxylic acids is 2. The summed E-state index contributed by atoms with van der Waals surface area (Å²) in [4.78, 5) is 31.1. The van der Waals surface area contributed by atoms with Crippen LogP contribution in [-0.4, -0.2) is 47.8 Å². The molecule has 1 fully saturated rings. The minimum atomic E-state index is -1.06. The first-order chi connectivity index (χ1) is 13.1. The average Bonchev–Trinajstić information content (AvgIpc) is 3.34. The van der Waals surface area contributed by atoms with Crippen molar-refractivity contribution in [2.75, 3.05) is 20.8 Å². The van der Waals surface area contributed by atoms with E-state index in [2.05, 4.69) is 15.5 Å². The molecule has 1 aromatic heterocycles. The molecule has 27 heavy (non-hydrogen) atoms. The van der Waals surface area contributed by atoms with Gasteiger partial charge in [0.25, 0.3) is 5.91 Å². The van der Waals surface area contributed by atoms with Gasteiger partial charge in [-0.15, -0.1) is 0 Å². The van der Waals surface area contributed by atoms with E-state index in [9.17, 15) is 9.59 Å². The van der Waals surface area contributed by atoms with Gasteiger partial charge in [0.15, 0.2) is 5.82 Å². The molecule has 1 atom stereocenters. The fraction of sp³-hybridized carbons (Fsp3) is 0.444. The fourth-order valence-corrected chi connectivity index (χ4v) is 3.66. The number of carbonyl (C=O) groups is 2. The zero-order valence-corrected chi connectivity index (χ0v) is 15.2. The number of rotatable bonds is 6. The summed E-state index contributed by atoms with van der Waals surface area (Å²) < 4.78 is 15.4. The number of nitrogens with zero attached hydrogens (tertiary/aromatic N) is 3. The van der Waals surface area contributed by atoms with Gasteiger partial charge in [-0.05, 0) is 36.1 Å². The number of hydrogen-bond donors (Lipinski definition) is 1. The molecular formula is C18H20N4O5. The van der Waals surface area contributed by atoms with Crippen molar-refractivity contribution in [3.8, 4) is 5.75 Å². The predicted octanol–water partition coefficient (Wildman–Crippen LogP) is 1.16. The van der Waals surface area contributed by atoms with Crippen LogP contribution in [0.4, 0.5) is 4.79 Å². The molecule has 1 unspecified atom stereocenters. The second kappa shape index (κ2) is 6.66. The van der Waals surface area contributed by atoms with Crippen molar-refractivity contribution in [2.45, 2.75) is 31.3 Å². The summed E-state index contributed by atoms with van der Waals surface area (Å²) >= 11 is 0. The third kappa shape index (κ3) is 2.84. The maximum atomic E-state index is 13.2. The number of aromatic nitrogens is 2. The highest BCUT2D eigenvalue weighted by atomic mass is 16.5. The number of urea groups is 1. The summed E-state index contributed by atoms with van der Waals surface area (Å²) in [5.41, 5.74) is 0.764. The summed E-state index contributed by atoms with van der Waals surface area (Å²) in [6, 6.07) is 5.15. The Morgan fingerprint density at radius 1 is 1.33 bits per heavy atom. The SMILES string of the molecule is COCCc1noc(CN2C(=O)NC3(CCc4ccc(OC)cc43)C2=O)n1. The molecule has 1 aliphatic heterocycles. The number of benzene rings is 1. The summed E-state index contributed by atoms with van der Waals surface area (Å²) in [6.45, 7) is 0.398. The number of ether oxygens (including phenoxy) is 2. The van der Waals surface area contributed by atoms with Crippen LogP contribution in [0.5, 0.6) is 5.75 Å². The molecule has 9 heteroatoms. The van der Waals surface area contributed by atoms with Gasteiger partial charge < -0.3 is 19.3 Å². The minimum absolute atomic E-state index is 0.0638. The summed E-state index contributed by atoms with van der Waals surface area (Å²) in [7, 11) is 3.16. The lowest BCUT2D eigenvalue weighted by molar-refractivity contribution is -0.132. The molecular weight excluding hydrogens is 352 g/mol. The molecule has 2 aromatic rings. The molecule has 1 spiro atoms. The third-order valence-electron chi connectivity index (χ3n) is 5.06. The van der Waals surface area contributed by atoms with Crippen molar-refractivity contribution in [2.24, 2.45) is 0 Å². The highest BCUT2D eigenvalue weighted by molar-refractivity contribution is 6.08. The van der Waals surface area contributed by atoms with E-state index in [0.29, 0.717) is 37.4 Å². The second-order valence-corrected chi connectivity index (χ2v) is 6.60. The zero-order valence-electron chi connectivity index (χ0n) is 15.2. The maximum absolute atomic E-state index is 13.2. The monoisotopic (exact) mass is 372 g/mol. The maximum Gasteiger partial charge on any atom is 0.325 e. The Balaban J connectivity index is 1.58. The molecule has 4 rings (SSSR count). The quantitative estimate of drug-likeness (QED) is 0.758. The lowest BCUT2D eigenvalue weighted by atomic mass is 9.91. The van der Waals surface area contributed by atoms with Crippen molar-refractivity contribution < 1.29 is 23.6 Å². The molecule has 2 heterocycles. The zero-order chi connectivity index (χ0) is 19.0. The van der Waals surface area contributed by atoms with Gasteiger partial charge in [0, 0.05) is 13.5 Å². The van der Waals surface area contributed by atoms with Gasteiger partial charge in [-0.3, -0.25) is 9.69 Å². The fourth-order valence-electron chi connectivity index (χ4n) is 3.66. The van der Waals surface area contributed by atoms with Crippen molar-refractivity contribution >= 4 is 11.9 Å². The molecule has 3 amide bonds. The molecule has 1 aromatic carbocycles. The van der Waals surface area contributed by atoms with E-state index in [-0.39, 0.29) is 18.3 Å². The van der Waals surface area contributed by atoms with E-state index in [4.69, 9.17) is 14.0 Å². The minimum Gasteiger partial charge on any atom is -0.497 e. The number of imide groups is 1. The first kappa shape index (κ1) is 17.5. The van der Waals surface area contributed by atoms with E-state index < -0.39 is 11.6 Å². The molecule has 1 N–H and O–H groups in total. The average molecular weight is 372 g/mol. The number of amides is 3. The van der Waals surface area contributed by atoms with Crippen LogP contribution in [0, 0.1) is 0 Å². The predicted molar refractivity (Wildman–Crippen MR) is 92.0 cm³/mol. The number of aryl methyl sites for hydroxylation is 1. The molecule has 9 nitrogen and oxygen atoms in total. The van der Waals surface area contributed by atoms with E-state index in [1.165, 1.54) is 0 Å². The van der Waals surface area contributed by atoms with Crippen LogP contribution in [0.25, 0.3) is 0 Å². The summed E-state index contributed by atoms with van der Waals surface area (Å²) in [5.74, 6) is 1.03. The van der Waals surface area contributed by atoms with Crippen LogP contribution in [0.3, 0.4) is 0 Å². The van der Waals surface area contributed by atoms with E-state index >= 15 is 0 Å². The van der Waals surface area contributed by atoms with E-state index in [0.717, 1.165) is 16.0 Å². The molecule has 142 valence electrons. The van der Waals surface area contributed by atoms with Crippen LogP contribution < -0.4 is 10.1 Å². The highest BCUT2D eigenvalue weighted by Crippen LogP contribution is 2.43. The van der Waals surface area contributed by atoms with Crippen molar-refractivity contribution in [3.05, 3.63) is 41.0 Å². The summed E-state index contributed by atoms with van der Waals surface area (Å²) in [5, 5.41) is 6.71. The molecule has 2 aliphatic rings. The Bertz CT molecular complexity index is 896. The Hall–Kier alpha value is -2.94. The Kier molecular flexibility index (Phi) is 4.31. The lowest BCUT2D eigenvalue weighted by Crippen LogP contribution is -2.41. The first-order valence-electron chi connectivity index (χ1n) is 8.69. The lowest BCUT2D eigenvalue weighted by Gasteiger charge is -2.22. The van der Waals surface area contributed by atoms with Crippen LogP contribution in [-0.2, 0) is 34.5 Å². The standard InChI is InChI=1S/C18H20N4O5/c1-25-8-6-14-19-15(27-21-14)10-22-16(23)18(20-17(22)24)7-5-11-3-4-12(26-2)9-13(11)18/h3-4,9H,5-8,10H2,1-2H3,(H,20,24). The number of hydrogen-bond acceptors (Lipinski definition) is 7. The molecule has 0 bridgehead atoms. The van der Waals surface area contributed by atoms with Gasteiger partial charge in [-0.1, -0.05) is 11.2 Å². The summed E-state index contributed by atoms with van der Waals surface area (Å²) in [6.07, 6.45) is 1.72.